The quantitative estimate of drug-likeness (QED) is 0.800. The van der Waals surface area contributed by atoms with Crippen molar-refractivity contribution in [2.45, 2.75) is 6.54 Å². The number of aryl methyl sites for hydroxylation is 1. The lowest BCUT2D eigenvalue weighted by Crippen LogP contribution is -1.99. The zero-order valence-corrected chi connectivity index (χ0v) is 11.5. The summed E-state index contributed by atoms with van der Waals surface area (Å²) in [6.07, 6.45) is 3.39. The van der Waals surface area contributed by atoms with Crippen LogP contribution in [0.15, 0.2) is 41.3 Å². The highest BCUT2D eigenvalue weighted by Gasteiger charge is 2.11. The number of aromatic nitrogens is 4. The number of benzene rings is 1. The smallest absolute Gasteiger partial charge is 0.246 e. The van der Waals surface area contributed by atoms with Crippen molar-refractivity contribution >= 4 is 17.3 Å². The van der Waals surface area contributed by atoms with E-state index in [1.807, 2.05) is 35.9 Å². The van der Waals surface area contributed by atoms with E-state index < -0.39 is 0 Å². The second kappa shape index (κ2) is 5.34. The topological polar surface area (TPSA) is 68.8 Å². The van der Waals surface area contributed by atoms with E-state index in [0.29, 0.717) is 23.3 Å². The lowest BCUT2D eigenvalue weighted by Gasteiger charge is -2.02. The lowest BCUT2D eigenvalue weighted by molar-refractivity contribution is 0.384. The molecule has 0 aliphatic rings. The molecule has 20 heavy (non-hydrogen) atoms. The van der Waals surface area contributed by atoms with E-state index in [1.165, 1.54) is 0 Å². The van der Waals surface area contributed by atoms with Gasteiger partial charge in [0.25, 0.3) is 0 Å². The number of nitrogens with one attached hydrogen (secondary N) is 1. The van der Waals surface area contributed by atoms with Crippen LogP contribution in [0.4, 0.5) is 5.69 Å². The highest BCUT2D eigenvalue weighted by molar-refractivity contribution is 6.30. The van der Waals surface area contributed by atoms with Crippen molar-refractivity contribution in [2.24, 2.45) is 7.05 Å². The minimum Gasteiger partial charge on any atom is -0.376 e. The molecule has 0 aliphatic heterocycles. The predicted octanol–water partition coefficient (Wildman–Crippen LogP) is 2.74. The minimum absolute atomic E-state index is 0.451. The Hall–Kier alpha value is -2.34. The fourth-order valence-corrected chi connectivity index (χ4v) is 1.87. The van der Waals surface area contributed by atoms with Gasteiger partial charge in [0.1, 0.15) is 5.69 Å². The van der Waals surface area contributed by atoms with Gasteiger partial charge < -0.3 is 14.4 Å². The molecule has 0 aliphatic carbocycles. The van der Waals surface area contributed by atoms with E-state index in [-0.39, 0.29) is 0 Å². The van der Waals surface area contributed by atoms with Crippen molar-refractivity contribution in [3.8, 4) is 11.5 Å². The van der Waals surface area contributed by atoms with E-state index in [0.717, 1.165) is 11.4 Å². The molecule has 0 radical (unpaired) electrons. The average molecular weight is 290 g/mol. The summed E-state index contributed by atoms with van der Waals surface area (Å²) in [5.41, 5.74) is 1.75. The highest BCUT2D eigenvalue weighted by Crippen LogP contribution is 2.16. The van der Waals surface area contributed by atoms with Crippen LogP contribution in [0.1, 0.15) is 5.89 Å². The first kappa shape index (κ1) is 12.7. The number of imidazole rings is 1. The molecule has 102 valence electrons. The molecule has 3 rings (SSSR count). The monoisotopic (exact) mass is 289 g/mol. The number of hydrogen-bond acceptors (Lipinski definition) is 5. The van der Waals surface area contributed by atoms with Gasteiger partial charge in [0, 0.05) is 17.8 Å². The number of nitrogens with zero attached hydrogens (tertiary/aromatic N) is 4. The van der Waals surface area contributed by atoms with Crippen molar-refractivity contribution < 1.29 is 4.52 Å². The summed E-state index contributed by atoms with van der Waals surface area (Å²) in [5.74, 6) is 1.04. The highest BCUT2D eigenvalue weighted by atomic mass is 35.5. The van der Waals surface area contributed by atoms with Crippen LogP contribution in [-0.4, -0.2) is 19.7 Å². The summed E-state index contributed by atoms with van der Waals surface area (Å²) in [6, 6.07) is 7.42. The van der Waals surface area contributed by atoms with Gasteiger partial charge >= 0.3 is 0 Å². The number of anilines is 1. The fraction of sp³-hybridized carbons (Fsp3) is 0.154. The van der Waals surface area contributed by atoms with E-state index in [1.54, 1.807) is 12.5 Å². The van der Waals surface area contributed by atoms with Gasteiger partial charge in [-0.05, 0) is 24.3 Å². The molecule has 3 aromatic rings. The van der Waals surface area contributed by atoms with Crippen LogP contribution < -0.4 is 5.32 Å². The molecule has 1 aromatic carbocycles. The second-order valence-corrected chi connectivity index (χ2v) is 4.70. The number of halogens is 1. The van der Waals surface area contributed by atoms with Crippen LogP contribution in [-0.2, 0) is 13.6 Å². The van der Waals surface area contributed by atoms with E-state index >= 15 is 0 Å². The van der Waals surface area contributed by atoms with Crippen molar-refractivity contribution in [2.75, 3.05) is 5.32 Å². The first-order valence-electron chi connectivity index (χ1n) is 6.01. The van der Waals surface area contributed by atoms with Gasteiger partial charge in [0.2, 0.25) is 11.7 Å². The molecular formula is C13H12ClN5O. The number of rotatable bonds is 4. The summed E-state index contributed by atoms with van der Waals surface area (Å²) in [6.45, 7) is 0.451. The minimum atomic E-state index is 0.451. The molecule has 2 heterocycles. The molecule has 0 atom stereocenters. The van der Waals surface area contributed by atoms with Gasteiger partial charge in [-0.15, -0.1) is 0 Å². The third-order valence-electron chi connectivity index (χ3n) is 2.80. The molecule has 0 saturated carbocycles. The van der Waals surface area contributed by atoms with Crippen LogP contribution in [0, 0.1) is 0 Å². The summed E-state index contributed by atoms with van der Waals surface area (Å²) in [4.78, 5) is 8.34. The molecule has 0 saturated heterocycles. The fourth-order valence-electron chi connectivity index (χ4n) is 1.75. The molecule has 0 unspecified atom stereocenters. The Labute approximate surface area is 120 Å². The van der Waals surface area contributed by atoms with Gasteiger partial charge in [0.15, 0.2) is 0 Å². The van der Waals surface area contributed by atoms with Gasteiger partial charge in [0.05, 0.1) is 19.1 Å². The molecule has 7 heteroatoms. The Morgan fingerprint density at radius 1 is 1.30 bits per heavy atom. The molecule has 0 spiro atoms. The van der Waals surface area contributed by atoms with E-state index in [9.17, 15) is 0 Å². The maximum Gasteiger partial charge on any atom is 0.246 e. The zero-order valence-electron chi connectivity index (χ0n) is 10.7. The van der Waals surface area contributed by atoms with Crippen molar-refractivity contribution in [3.63, 3.8) is 0 Å². The molecular weight excluding hydrogens is 278 g/mol. The Balaban J connectivity index is 1.69. The van der Waals surface area contributed by atoms with Crippen LogP contribution in [0.3, 0.4) is 0 Å². The molecule has 0 bridgehead atoms. The Kier molecular flexibility index (Phi) is 3.39. The first-order chi connectivity index (χ1) is 9.72. The van der Waals surface area contributed by atoms with Gasteiger partial charge in [-0.1, -0.05) is 16.8 Å². The molecule has 0 fully saturated rings. The Bertz CT molecular complexity index is 704. The maximum absolute atomic E-state index is 5.83. The summed E-state index contributed by atoms with van der Waals surface area (Å²) in [7, 11) is 1.88. The Morgan fingerprint density at radius 2 is 2.10 bits per heavy atom. The first-order valence-corrected chi connectivity index (χ1v) is 6.39. The average Bonchev–Trinajstić information content (AvgIpc) is 3.06. The van der Waals surface area contributed by atoms with Crippen LogP contribution in [0.25, 0.3) is 11.5 Å². The summed E-state index contributed by atoms with van der Waals surface area (Å²) < 4.78 is 7.03. The third-order valence-corrected chi connectivity index (χ3v) is 3.05. The predicted molar refractivity (Wildman–Crippen MR) is 75.3 cm³/mol. The van der Waals surface area contributed by atoms with Crippen molar-refractivity contribution in [3.05, 3.63) is 47.7 Å². The Morgan fingerprint density at radius 3 is 2.80 bits per heavy atom. The van der Waals surface area contributed by atoms with Crippen molar-refractivity contribution in [1.82, 2.24) is 19.7 Å². The van der Waals surface area contributed by atoms with Crippen molar-refractivity contribution in [1.29, 1.82) is 0 Å². The van der Waals surface area contributed by atoms with Gasteiger partial charge in [-0.3, -0.25) is 0 Å². The zero-order chi connectivity index (χ0) is 13.9. The maximum atomic E-state index is 5.83. The summed E-state index contributed by atoms with van der Waals surface area (Å²) in [5, 5.41) is 7.82. The van der Waals surface area contributed by atoms with E-state index in [2.05, 4.69) is 20.4 Å². The van der Waals surface area contributed by atoms with Gasteiger partial charge in [-0.25, -0.2) is 4.98 Å². The lowest BCUT2D eigenvalue weighted by atomic mass is 10.3. The summed E-state index contributed by atoms with van der Waals surface area (Å²) >= 11 is 5.83. The van der Waals surface area contributed by atoms with Crippen LogP contribution in [0.2, 0.25) is 5.02 Å². The van der Waals surface area contributed by atoms with Gasteiger partial charge in [-0.2, -0.15) is 4.98 Å². The second-order valence-electron chi connectivity index (χ2n) is 4.26. The number of hydrogen-bond donors (Lipinski definition) is 1. The molecule has 0 amide bonds. The molecule has 1 N–H and O–H groups in total. The van der Waals surface area contributed by atoms with Crippen LogP contribution in [0.5, 0.6) is 0 Å². The molecule has 2 aromatic heterocycles. The molecule has 6 nitrogen and oxygen atoms in total. The largest absolute Gasteiger partial charge is 0.376 e. The van der Waals surface area contributed by atoms with E-state index in [4.69, 9.17) is 16.1 Å². The SMILES string of the molecule is Cn1cncc1-c1noc(CNc2ccc(Cl)cc2)n1. The van der Waals surface area contributed by atoms with Crippen LogP contribution >= 0.6 is 11.6 Å². The third kappa shape index (κ3) is 2.65. The normalized spacial score (nSPS) is 10.7. The standard InChI is InChI=1S/C13H12ClN5O/c1-19-8-15-6-11(19)13-17-12(20-18-13)7-16-10-4-2-9(14)3-5-10/h2-6,8,16H,7H2,1H3.